The Bertz CT molecular complexity index is 613. The van der Waals surface area contributed by atoms with Gasteiger partial charge in [0.1, 0.15) is 5.75 Å². The summed E-state index contributed by atoms with van der Waals surface area (Å²) in [5.41, 5.74) is -4.05. The Morgan fingerprint density at radius 3 is 1.81 bits per heavy atom. The van der Waals surface area contributed by atoms with Gasteiger partial charge in [-0.25, -0.2) is 3.63 Å². The monoisotopic (exact) mass is 346 g/mol. The van der Waals surface area contributed by atoms with E-state index in [4.69, 9.17) is 4.74 Å². The second-order valence-corrected chi connectivity index (χ2v) is 9.64. The first-order chi connectivity index (χ1) is 9.32. The second-order valence-electron chi connectivity index (χ2n) is 4.79. The van der Waals surface area contributed by atoms with Crippen LogP contribution in [0.25, 0.3) is 0 Å². The molecule has 1 rings (SSSR count). The van der Waals surface area contributed by atoms with Gasteiger partial charge in [0, 0.05) is 4.90 Å². The second kappa shape index (κ2) is 5.69. The minimum absolute atomic E-state index is 0.395. The molecule has 0 bridgehead atoms. The lowest BCUT2D eigenvalue weighted by Crippen LogP contribution is -2.26. The lowest BCUT2D eigenvalue weighted by molar-refractivity contribution is -0.0495. The van der Waals surface area contributed by atoms with Gasteiger partial charge in [-0.1, -0.05) is 10.3 Å². The molecule has 0 fully saturated rings. The first-order valence-corrected chi connectivity index (χ1v) is 9.51. The van der Waals surface area contributed by atoms with Crippen molar-refractivity contribution in [2.24, 2.45) is 0 Å². The highest BCUT2D eigenvalue weighted by Crippen LogP contribution is 2.54. The van der Waals surface area contributed by atoms with Crippen molar-refractivity contribution >= 4 is 20.4 Å². The van der Waals surface area contributed by atoms with Crippen LogP contribution in [-0.2, 0) is 13.7 Å². The molecule has 0 spiro atoms. The highest BCUT2D eigenvalue weighted by atomic mass is 32.3. The Morgan fingerprint density at radius 1 is 1.05 bits per heavy atom. The highest BCUT2D eigenvalue weighted by Gasteiger charge is 2.49. The van der Waals surface area contributed by atoms with Crippen molar-refractivity contribution in [2.45, 2.75) is 24.3 Å². The van der Waals surface area contributed by atoms with Crippen molar-refractivity contribution in [1.82, 2.24) is 0 Å². The van der Waals surface area contributed by atoms with Gasteiger partial charge in [-0.3, -0.25) is 0 Å². The molecule has 0 amide bonds. The maximum atomic E-state index is 12.4. The molecular weight excluding hydrogens is 329 g/mol. The predicted molar refractivity (Wildman–Crippen MR) is 76.2 cm³/mol. The summed E-state index contributed by atoms with van der Waals surface area (Å²) in [4.78, 5) is 0.395. The maximum Gasteiger partial charge on any atom is 0.523 e. The molecule has 0 N–H and O–H groups in total. The molecule has 1 aromatic carbocycles. The number of methoxy groups -OCH3 is 1. The van der Waals surface area contributed by atoms with Gasteiger partial charge >= 0.3 is 15.6 Å². The Hall–Kier alpha value is -0.930. The summed E-state index contributed by atoms with van der Waals surface area (Å²) in [6, 6.07) is 3.15. The summed E-state index contributed by atoms with van der Waals surface area (Å²) in [5, 5.41) is 0. The summed E-state index contributed by atoms with van der Waals surface area (Å²) in [7, 11) is -6.79. The van der Waals surface area contributed by atoms with Crippen LogP contribution in [0.1, 0.15) is 11.1 Å². The van der Waals surface area contributed by atoms with Gasteiger partial charge < -0.3 is 4.74 Å². The van der Waals surface area contributed by atoms with E-state index in [2.05, 4.69) is 3.63 Å². The molecule has 1 aromatic rings. The van der Waals surface area contributed by atoms with E-state index in [1.54, 1.807) is 26.0 Å². The summed E-state index contributed by atoms with van der Waals surface area (Å²) < 4.78 is 69.3. The number of benzene rings is 1. The Kier molecular flexibility index (Phi) is 4.91. The molecule has 21 heavy (non-hydrogen) atoms. The summed E-state index contributed by atoms with van der Waals surface area (Å²) in [6.07, 6.45) is 2.69. The lowest BCUT2D eigenvalue weighted by atomic mass is 10.1. The highest BCUT2D eigenvalue weighted by molar-refractivity contribution is 8.32. The molecule has 0 saturated heterocycles. The number of hydrogen-bond donors (Lipinski definition) is 0. The Balaban J connectivity index is 3.27. The van der Waals surface area contributed by atoms with E-state index in [0.29, 0.717) is 21.8 Å². The van der Waals surface area contributed by atoms with Crippen LogP contribution < -0.4 is 4.74 Å². The van der Waals surface area contributed by atoms with E-state index in [-0.39, 0.29) is 0 Å². The van der Waals surface area contributed by atoms with Gasteiger partial charge in [0.15, 0.2) is 0 Å². The smallest absolute Gasteiger partial charge is 0.496 e. The number of aryl methyl sites for hydroxylation is 2. The van der Waals surface area contributed by atoms with Gasteiger partial charge in [-0.05, 0) is 49.6 Å². The Labute approximate surface area is 123 Å². The van der Waals surface area contributed by atoms with Crippen LogP contribution in [0.3, 0.4) is 0 Å². The number of halogens is 3. The zero-order chi connectivity index (χ0) is 16.6. The van der Waals surface area contributed by atoms with Crippen molar-refractivity contribution in [3.8, 4) is 5.75 Å². The zero-order valence-corrected chi connectivity index (χ0v) is 13.9. The molecule has 9 heteroatoms. The van der Waals surface area contributed by atoms with Crippen LogP contribution in [-0.4, -0.2) is 33.5 Å². The third-order valence-corrected chi connectivity index (χ3v) is 6.76. The van der Waals surface area contributed by atoms with Crippen molar-refractivity contribution in [2.75, 3.05) is 19.6 Å². The molecule has 0 aliphatic carbocycles. The van der Waals surface area contributed by atoms with Crippen molar-refractivity contribution in [3.63, 3.8) is 0 Å². The molecule has 4 nitrogen and oxygen atoms in total. The van der Waals surface area contributed by atoms with Gasteiger partial charge in [0.2, 0.25) is 0 Å². The van der Waals surface area contributed by atoms with Crippen LogP contribution in [0.4, 0.5) is 13.2 Å². The SMILES string of the molecule is COc1c(C)cc(S(C)(C)OS(=O)(=O)C(F)(F)F)cc1C. The third-order valence-electron chi connectivity index (χ3n) is 2.75. The molecule has 0 saturated carbocycles. The van der Waals surface area contributed by atoms with Crippen molar-refractivity contribution in [1.29, 1.82) is 0 Å². The summed E-state index contributed by atoms with van der Waals surface area (Å²) in [6.45, 7) is 3.45. The molecule has 0 aliphatic rings. The quantitative estimate of drug-likeness (QED) is 0.783. The molecule has 0 atom stereocenters. The number of ether oxygens (including phenoxy) is 1. The molecular formula is C12H17F3O4S2. The fourth-order valence-corrected chi connectivity index (χ4v) is 5.15. The summed E-state index contributed by atoms with van der Waals surface area (Å²) >= 11 is 0. The minimum atomic E-state index is -5.64. The van der Waals surface area contributed by atoms with E-state index in [1.807, 2.05) is 0 Å². The number of rotatable bonds is 4. The average Bonchev–Trinajstić information content (AvgIpc) is 2.25. The van der Waals surface area contributed by atoms with Gasteiger partial charge in [0.25, 0.3) is 0 Å². The maximum absolute atomic E-state index is 12.4. The standard InChI is InChI=1S/C12H17F3O4S2/c1-8-6-10(7-9(2)11(8)18-3)20(4,5)19-21(16,17)12(13,14)15/h6-7H,1-5H3. The number of hydrogen-bond acceptors (Lipinski definition) is 4. The van der Waals surface area contributed by atoms with Crippen LogP contribution >= 0.6 is 10.3 Å². The first kappa shape index (κ1) is 18.1. The van der Waals surface area contributed by atoms with Crippen molar-refractivity contribution < 1.29 is 30.0 Å². The average molecular weight is 346 g/mol. The van der Waals surface area contributed by atoms with Gasteiger partial charge in [0.05, 0.1) is 7.11 Å². The van der Waals surface area contributed by atoms with E-state index < -0.39 is 25.9 Å². The van der Waals surface area contributed by atoms with Crippen LogP contribution in [0.15, 0.2) is 17.0 Å². The molecule has 0 aliphatic heterocycles. The van der Waals surface area contributed by atoms with Crippen LogP contribution in [0.5, 0.6) is 5.75 Å². The van der Waals surface area contributed by atoms with Gasteiger partial charge in [-0.15, -0.1) is 0 Å². The fraction of sp³-hybridized carbons (Fsp3) is 0.500. The lowest BCUT2D eigenvalue weighted by Gasteiger charge is -2.31. The first-order valence-electron chi connectivity index (χ1n) is 5.73. The largest absolute Gasteiger partial charge is 0.523 e. The van der Waals surface area contributed by atoms with E-state index in [1.165, 1.54) is 19.6 Å². The molecule has 0 heterocycles. The van der Waals surface area contributed by atoms with E-state index >= 15 is 0 Å². The fourth-order valence-electron chi connectivity index (χ4n) is 1.82. The van der Waals surface area contributed by atoms with Gasteiger partial charge in [-0.2, -0.15) is 21.6 Å². The van der Waals surface area contributed by atoms with E-state index in [9.17, 15) is 21.6 Å². The molecule has 0 aromatic heterocycles. The predicted octanol–water partition coefficient (Wildman–Crippen LogP) is 3.52. The molecule has 0 unspecified atom stereocenters. The summed E-state index contributed by atoms with van der Waals surface area (Å²) in [5.74, 6) is 0.604. The van der Waals surface area contributed by atoms with E-state index in [0.717, 1.165) is 0 Å². The molecule has 0 radical (unpaired) electrons. The number of alkyl halides is 3. The third kappa shape index (κ3) is 3.83. The minimum Gasteiger partial charge on any atom is -0.496 e. The van der Waals surface area contributed by atoms with Crippen LogP contribution in [0, 0.1) is 13.8 Å². The zero-order valence-electron chi connectivity index (χ0n) is 12.2. The Morgan fingerprint density at radius 2 is 1.48 bits per heavy atom. The van der Waals surface area contributed by atoms with Crippen molar-refractivity contribution in [3.05, 3.63) is 23.3 Å². The normalized spacial score (nSPS) is 14.1. The molecule has 122 valence electrons. The topological polar surface area (TPSA) is 52.6 Å². The van der Waals surface area contributed by atoms with Crippen LogP contribution in [0.2, 0.25) is 0 Å².